The molecule has 4 rings (SSSR count). The zero-order valence-corrected chi connectivity index (χ0v) is 14.3. The van der Waals surface area contributed by atoms with E-state index in [0.717, 1.165) is 28.1 Å². The standard InChI is InChI=1S/C20H18N4O2/c1-13-5-7-15(8-6-13)23-20(26)24-10-9-17-18(21-12-22-19(17)24)14-3-2-4-16(25)11-14/h2-8,11-12,25H,9-10H2,1H3,(H,23,26). The van der Waals surface area contributed by atoms with Crippen LogP contribution in [-0.4, -0.2) is 27.7 Å². The number of amides is 2. The normalized spacial score (nSPS) is 12.7. The lowest BCUT2D eigenvalue weighted by molar-refractivity contribution is 0.257. The van der Waals surface area contributed by atoms with E-state index in [2.05, 4.69) is 15.3 Å². The fraction of sp³-hybridized carbons (Fsp3) is 0.150. The van der Waals surface area contributed by atoms with Crippen molar-refractivity contribution >= 4 is 17.5 Å². The van der Waals surface area contributed by atoms with E-state index < -0.39 is 0 Å². The minimum absolute atomic E-state index is 0.182. The molecule has 0 atom stereocenters. The first-order valence-corrected chi connectivity index (χ1v) is 8.40. The summed E-state index contributed by atoms with van der Waals surface area (Å²) in [5.74, 6) is 0.796. The lowest BCUT2D eigenvalue weighted by Gasteiger charge is -2.17. The predicted molar refractivity (Wildman–Crippen MR) is 100 cm³/mol. The molecular weight excluding hydrogens is 328 g/mol. The monoisotopic (exact) mass is 346 g/mol. The molecule has 0 spiro atoms. The number of nitrogens with zero attached hydrogens (tertiary/aromatic N) is 3. The molecule has 2 N–H and O–H groups in total. The number of hydrogen-bond donors (Lipinski definition) is 2. The zero-order valence-electron chi connectivity index (χ0n) is 14.3. The summed E-state index contributed by atoms with van der Waals surface area (Å²) < 4.78 is 0. The number of aromatic hydroxyl groups is 1. The number of urea groups is 1. The molecule has 0 saturated carbocycles. The molecule has 1 aliphatic heterocycles. The average molecular weight is 346 g/mol. The van der Waals surface area contributed by atoms with Crippen molar-refractivity contribution in [3.8, 4) is 17.0 Å². The summed E-state index contributed by atoms with van der Waals surface area (Å²) >= 11 is 0. The van der Waals surface area contributed by atoms with Gasteiger partial charge < -0.3 is 10.4 Å². The number of benzene rings is 2. The van der Waals surface area contributed by atoms with E-state index in [1.165, 1.54) is 6.33 Å². The smallest absolute Gasteiger partial charge is 0.327 e. The summed E-state index contributed by atoms with van der Waals surface area (Å²) in [6, 6.07) is 14.4. The SMILES string of the molecule is Cc1ccc(NC(=O)N2CCc3c(-c4cccc(O)c4)ncnc32)cc1. The number of aromatic nitrogens is 2. The number of carbonyl (C=O) groups excluding carboxylic acids is 1. The van der Waals surface area contributed by atoms with Gasteiger partial charge in [0.1, 0.15) is 17.9 Å². The molecule has 3 aromatic rings. The Morgan fingerprint density at radius 1 is 1.15 bits per heavy atom. The van der Waals surface area contributed by atoms with Gasteiger partial charge in [0.05, 0.1) is 5.69 Å². The Kier molecular flexibility index (Phi) is 4.01. The van der Waals surface area contributed by atoms with Crippen molar-refractivity contribution in [2.24, 2.45) is 0 Å². The van der Waals surface area contributed by atoms with Crippen molar-refractivity contribution in [1.82, 2.24) is 9.97 Å². The number of rotatable bonds is 2. The third-order valence-electron chi connectivity index (χ3n) is 4.43. The number of phenolic OH excluding ortho intramolecular Hbond substituents is 1. The molecular formula is C20H18N4O2. The number of hydrogen-bond acceptors (Lipinski definition) is 4. The summed E-state index contributed by atoms with van der Waals surface area (Å²) in [6.07, 6.45) is 2.12. The van der Waals surface area contributed by atoms with Gasteiger partial charge in [0, 0.05) is 23.4 Å². The average Bonchev–Trinajstić information content (AvgIpc) is 3.08. The van der Waals surface area contributed by atoms with Crippen molar-refractivity contribution in [3.63, 3.8) is 0 Å². The highest BCUT2D eigenvalue weighted by atomic mass is 16.3. The maximum absolute atomic E-state index is 12.7. The van der Waals surface area contributed by atoms with Crippen LogP contribution in [-0.2, 0) is 6.42 Å². The van der Waals surface area contributed by atoms with Crippen molar-refractivity contribution < 1.29 is 9.90 Å². The van der Waals surface area contributed by atoms with Crippen LogP contribution in [0.5, 0.6) is 5.75 Å². The van der Waals surface area contributed by atoms with E-state index in [1.807, 2.05) is 37.3 Å². The molecule has 0 unspecified atom stereocenters. The number of nitrogens with one attached hydrogen (secondary N) is 1. The molecule has 6 nitrogen and oxygen atoms in total. The molecule has 0 radical (unpaired) electrons. The summed E-state index contributed by atoms with van der Waals surface area (Å²) in [6.45, 7) is 2.54. The highest BCUT2D eigenvalue weighted by Gasteiger charge is 2.29. The molecule has 1 aliphatic rings. The van der Waals surface area contributed by atoms with Crippen LogP contribution >= 0.6 is 0 Å². The molecule has 2 amide bonds. The number of phenols is 1. The highest BCUT2D eigenvalue weighted by molar-refractivity contribution is 6.03. The minimum atomic E-state index is -0.215. The van der Waals surface area contributed by atoms with Crippen LogP contribution in [0, 0.1) is 6.92 Å². The minimum Gasteiger partial charge on any atom is -0.508 e. The number of fused-ring (bicyclic) bond motifs is 1. The van der Waals surface area contributed by atoms with Crippen molar-refractivity contribution in [2.75, 3.05) is 16.8 Å². The summed E-state index contributed by atoms with van der Waals surface area (Å²) in [5.41, 5.74) is 4.35. The molecule has 6 heteroatoms. The molecule has 0 saturated heterocycles. The summed E-state index contributed by atoms with van der Waals surface area (Å²) in [5, 5.41) is 12.6. The van der Waals surface area contributed by atoms with Gasteiger partial charge >= 0.3 is 6.03 Å². The van der Waals surface area contributed by atoms with E-state index >= 15 is 0 Å². The van der Waals surface area contributed by atoms with E-state index in [9.17, 15) is 9.90 Å². The van der Waals surface area contributed by atoms with E-state index in [1.54, 1.807) is 23.1 Å². The molecule has 2 heterocycles. The van der Waals surface area contributed by atoms with E-state index in [0.29, 0.717) is 18.8 Å². The fourth-order valence-electron chi connectivity index (χ4n) is 3.12. The zero-order chi connectivity index (χ0) is 18.1. The Morgan fingerprint density at radius 3 is 2.73 bits per heavy atom. The molecule has 26 heavy (non-hydrogen) atoms. The van der Waals surface area contributed by atoms with Crippen molar-refractivity contribution in [2.45, 2.75) is 13.3 Å². The Balaban J connectivity index is 1.63. The van der Waals surface area contributed by atoms with E-state index in [4.69, 9.17) is 0 Å². The second kappa shape index (κ2) is 6.48. The van der Waals surface area contributed by atoms with Gasteiger partial charge in [0.25, 0.3) is 0 Å². The lowest BCUT2D eigenvalue weighted by atomic mass is 10.1. The molecule has 0 aliphatic carbocycles. The van der Waals surface area contributed by atoms with Gasteiger partial charge in [0.2, 0.25) is 0 Å². The van der Waals surface area contributed by atoms with Gasteiger partial charge in [-0.25, -0.2) is 14.8 Å². The highest BCUT2D eigenvalue weighted by Crippen LogP contribution is 2.34. The van der Waals surface area contributed by atoms with Gasteiger partial charge in [-0.2, -0.15) is 0 Å². The maximum atomic E-state index is 12.7. The molecule has 1 aromatic heterocycles. The molecule has 2 aromatic carbocycles. The maximum Gasteiger partial charge on any atom is 0.327 e. The summed E-state index contributed by atoms with van der Waals surface area (Å²) in [7, 11) is 0. The van der Waals surface area contributed by atoms with Crippen LogP contribution in [0.3, 0.4) is 0 Å². The van der Waals surface area contributed by atoms with Gasteiger partial charge in [-0.3, -0.25) is 4.90 Å². The topological polar surface area (TPSA) is 78.4 Å². The first-order chi connectivity index (χ1) is 12.6. The molecule has 0 bridgehead atoms. The quantitative estimate of drug-likeness (QED) is 0.741. The van der Waals surface area contributed by atoms with Gasteiger partial charge in [-0.15, -0.1) is 0 Å². The lowest BCUT2D eigenvalue weighted by Crippen LogP contribution is -2.33. The molecule has 130 valence electrons. The van der Waals surface area contributed by atoms with Gasteiger partial charge in [-0.1, -0.05) is 29.8 Å². The van der Waals surface area contributed by atoms with Gasteiger partial charge in [-0.05, 0) is 37.6 Å². The number of carbonyl (C=O) groups is 1. The van der Waals surface area contributed by atoms with Crippen LogP contribution in [0.15, 0.2) is 54.9 Å². The van der Waals surface area contributed by atoms with E-state index in [-0.39, 0.29) is 11.8 Å². The first-order valence-electron chi connectivity index (χ1n) is 8.40. The Labute approximate surface area is 151 Å². The number of aryl methyl sites for hydroxylation is 1. The van der Waals surface area contributed by atoms with Crippen LogP contribution in [0.4, 0.5) is 16.3 Å². The molecule has 0 fully saturated rings. The van der Waals surface area contributed by atoms with Crippen LogP contribution in [0.25, 0.3) is 11.3 Å². The van der Waals surface area contributed by atoms with Crippen LogP contribution < -0.4 is 10.2 Å². The van der Waals surface area contributed by atoms with Crippen LogP contribution in [0.2, 0.25) is 0 Å². The Morgan fingerprint density at radius 2 is 1.96 bits per heavy atom. The third-order valence-corrected chi connectivity index (χ3v) is 4.43. The van der Waals surface area contributed by atoms with Crippen molar-refractivity contribution in [1.29, 1.82) is 0 Å². The Hall–Kier alpha value is -3.41. The fourth-order valence-corrected chi connectivity index (χ4v) is 3.12. The summed E-state index contributed by atoms with van der Waals surface area (Å²) in [4.78, 5) is 23.0. The third kappa shape index (κ3) is 2.97. The van der Waals surface area contributed by atoms with Gasteiger partial charge in [0.15, 0.2) is 0 Å². The number of anilines is 2. The second-order valence-electron chi connectivity index (χ2n) is 6.27. The Bertz CT molecular complexity index is 970. The van der Waals surface area contributed by atoms with Crippen molar-refractivity contribution in [3.05, 3.63) is 66.0 Å². The second-order valence-corrected chi connectivity index (χ2v) is 6.27. The predicted octanol–water partition coefficient (Wildman–Crippen LogP) is 3.75. The van der Waals surface area contributed by atoms with Crippen LogP contribution in [0.1, 0.15) is 11.1 Å². The largest absolute Gasteiger partial charge is 0.508 e. The first kappa shape index (κ1) is 16.1.